The summed E-state index contributed by atoms with van der Waals surface area (Å²) in [7, 11) is 2.78. The third-order valence-electron chi connectivity index (χ3n) is 8.34. The van der Waals surface area contributed by atoms with Crippen molar-refractivity contribution in [1.29, 1.82) is 0 Å². The number of aromatic hydroxyl groups is 1. The van der Waals surface area contributed by atoms with Crippen molar-refractivity contribution in [2.45, 2.75) is 62.9 Å². The molecule has 6 atom stereocenters. The molecular weight excluding hydrogens is 558 g/mol. The molecule has 2 aromatic carbocycles. The lowest BCUT2D eigenvalue weighted by molar-refractivity contribution is -0.278. The van der Waals surface area contributed by atoms with E-state index in [9.17, 15) is 25.2 Å². The van der Waals surface area contributed by atoms with Crippen LogP contribution < -0.4 is 14.2 Å². The highest BCUT2D eigenvalue weighted by Gasteiger charge is 2.45. The summed E-state index contributed by atoms with van der Waals surface area (Å²) < 4.78 is 27.0. The maximum atomic E-state index is 12.4. The minimum absolute atomic E-state index is 0.167. The van der Waals surface area contributed by atoms with Crippen LogP contribution in [-0.4, -0.2) is 102 Å². The Kier molecular flexibility index (Phi) is 9.58. The number of carbonyl (C=O) groups is 1. The number of hydrogen-bond donors (Lipinski definition) is 4. The molecule has 11 nitrogen and oxygen atoms in total. The van der Waals surface area contributed by atoms with Gasteiger partial charge in [0.1, 0.15) is 36.8 Å². The van der Waals surface area contributed by atoms with Crippen LogP contribution in [0.3, 0.4) is 0 Å². The fraction of sp³-hybridized carbons (Fsp3) is 0.469. The van der Waals surface area contributed by atoms with E-state index in [2.05, 4.69) is 11.8 Å². The Labute approximate surface area is 250 Å². The van der Waals surface area contributed by atoms with E-state index in [0.717, 1.165) is 31.1 Å². The number of carbonyl (C=O) groups excluding carboxylic acids is 1. The summed E-state index contributed by atoms with van der Waals surface area (Å²) in [6.45, 7) is 3.85. The molecular formula is C32H39NO10. The van der Waals surface area contributed by atoms with E-state index in [4.69, 9.17) is 23.7 Å². The third-order valence-corrected chi connectivity index (χ3v) is 8.34. The summed E-state index contributed by atoms with van der Waals surface area (Å²) in [6.07, 6.45) is -0.934. The minimum Gasteiger partial charge on any atom is -0.502 e. The largest absolute Gasteiger partial charge is 0.502 e. The zero-order chi connectivity index (χ0) is 30.7. The van der Waals surface area contributed by atoms with E-state index in [1.54, 1.807) is 12.1 Å². The van der Waals surface area contributed by atoms with Gasteiger partial charge in [0.25, 0.3) is 0 Å². The van der Waals surface area contributed by atoms with E-state index in [1.165, 1.54) is 56.4 Å². The fourth-order valence-corrected chi connectivity index (χ4v) is 5.89. The summed E-state index contributed by atoms with van der Waals surface area (Å²) in [5, 5.41) is 41.5. The number of esters is 1. The van der Waals surface area contributed by atoms with Crippen LogP contribution in [0, 0.1) is 0 Å². The Morgan fingerprint density at radius 1 is 1.05 bits per heavy atom. The Bertz CT molecular complexity index is 1330. The number of hydrogen-bond acceptors (Lipinski definition) is 11. The number of rotatable bonds is 9. The topological polar surface area (TPSA) is 147 Å². The van der Waals surface area contributed by atoms with Crippen LogP contribution >= 0.6 is 0 Å². The summed E-state index contributed by atoms with van der Waals surface area (Å²) in [4.78, 5) is 14.9. The molecule has 232 valence electrons. The van der Waals surface area contributed by atoms with Crippen LogP contribution in [0.15, 0.2) is 48.0 Å². The first-order valence-electron chi connectivity index (χ1n) is 14.4. The molecule has 43 heavy (non-hydrogen) atoms. The van der Waals surface area contributed by atoms with Crippen molar-refractivity contribution >= 4 is 17.6 Å². The van der Waals surface area contributed by atoms with Gasteiger partial charge in [-0.3, -0.25) is 4.90 Å². The van der Waals surface area contributed by atoms with Crippen molar-refractivity contribution in [2.75, 3.05) is 33.9 Å². The van der Waals surface area contributed by atoms with Gasteiger partial charge in [0.05, 0.1) is 14.2 Å². The van der Waals surface area contributed by atoms with Gasteiger partial charge in [-0.1, -0.05) is 17.7 Å². The second kappa shape index (κ2) is 13.4. The molecule has 3 aliphatic rings. The number of aliphatic hydroxyl groups is 3. The second-order valence-corrected chi connectivity index (χ2v) is 11.1. The Morgan fingerprint density at radius 3 is 2.42 bits per heavy atom. The number of phenols is 1. The number of ether oxygens (including phenoxy) is 5. The number of benzene rings is 2. The maximum Gasteiger partial charge on any atom is 0.330 e. The van der Waals surface area contributed by atoms with Gasteiger partial charge in [0, 0.05) is 18.7 Å². The monoisotopic (exact) mass is 597 g/mol. The summed E-state index contributed by atoms with van der Waals surface area (Å²) in [5.74, 6) is -0.161. The van der Waals surface area contributed by atoms with Gasteiger partial charge in [-0.25, -0.2) is 4.79 Å². The lowest BCUT2D eigenvalue weighted by Crippen LogP contribution is -2.60. The lowest BCUT2D eigenvalue weighted by atomic mass is 9.91. The van der Waals surface area contributed by atoms with Crippen molar-refractivity contribution in [3.63, 3.8) is 0 Å². The normalized spacial score (nSPS) is 27.7. The first-order valence-corrected chi connectivity index (χ1v) is 14.4. The Hall–Kier alpha value is -3.61. The molecule has 0 saturated carbocycles. The van der Waals surface area contributed by atoms with Gasteiger partial charge < -0.3 is 44.1 Å². The molecule has 0 bridgehead atoms. The van der Waals surface area contributed by atoms with Crippen LogP contribution in [0.2, 0.25) is 0 Å². The standard InChI is InChI=1S/C32H39NO10/c1-18-13-21-5-4-12-33(21)16-23(18)20-7-9-22(10-8-20)42-32-31(38)30(37)29(36)26(43-32)17-41-27(34)11-6-19-14-24(39-2)28(35)25(15-19)40-3/h6-11,14-15,21,26,29-32,35-38H,4-5,12-13,16-17H2,1-3H3/t21-,26+,29+,30+,31+,32+/m0/s1. The van der Waals surface area contributed by atoms with Crippen molar-refractivity contribution < 1.29 is 48.9 Å². The van der Waals surface area contributed by atoms with E-state index in [0.29, 0.717) is 17.4 Å². The summed E-state index contributed by atoms with van der Waals surface area (Å²) in [5.41, 5.74) is 4.33. The van der Waals surface area contributed by atoms with E-state index >= 15 is 0 Å². The second-order valence-electron chi connectivity index (χ2n) is 11.1. The molecule has 3 aliphatic heterocycles. The first kappa shape index (κ1) is 30.8. The van der Waals surface area contributed by atoms with Crippen LogP contribution in [0.25, 0.3) is 11.6 Å². The van der Waals surface area contributed by atoms with Crippen LogP contribution in [0.1, 0.15) is 37.3 Å². The number of methoxy groups -OCH3 is 2. The molecule has 0 unspecified atom stereocenters. The molecule has 11 heteroatoms. The predicted octanol–water partition coefficient (Wildman–Crippen LogP) is 2.49. The van der Waals surface area contributed by atoms with Gasteiger partial charge in [-0.2, -0.15) is 0 Å². The van der Waals surface area contributed by atoms with Crippen molar-refractivity contribution in [2.24, 2.45) is 0 Å². The molecule has 3 heterocycles. The van der Waals surface area contributed by atoms with Gasteiger partial charge in [0.2, 0.25) is 12.0 Å². The zero-order valence-electron chi connectivity index (χ0n) is 24.5. The highest BCUT2D eigenvalue weighted by atomic mass is 16.7. The molecule has 0 amide bonds. The van der Waals surface area contributed by atoms with Crippen LogP contribution in [0.5, 0.6) is 23.0 Å². The molecule has 4 N–H and O–H groups in total. The molecule has 0 spiro atoms. The Balaban J connectivity index is 1.19. The average Bonchev–Trinajstić information content (AvgIpc) is 3.47. The maximum absolute atomic E-state index is 12.4. The highest BCUT2D eigenvalue weighted by molar-refractivity contribution is 5.87. The minimum atomic E-state index is -1.59. The van der Waals surface area contributed by atoms with E-state index in [1.807, 2.05) is 12.1 Å². The molecule has 0 aliphatic carbocycles. The summed E-state index contributed by atoms with van der Waals surface area (Å²) >= 11 is 0. The lowest BCUT2D eigenvalue weighted by Gasteiger charge is -2.39. The van der Waals surface area contributed by atoms with Crippen LogP contribution in [-0.2, 0) is 14.3 Å². The van der Waals surface area contributed by atoms with Gasteiger partial charge in [-0.05, 0) is 79.8 Å². The molecule has 2 fully saturated rings. The smallest absolute Gasteiger partial charge is 0.330 e. The number of nitrogens with zero attached hydrogens (tertiary/aromatic N) is 1. The Morgan fingerprint density at radius 2 is 1.74 bits per heavy atom. The van der Waals surface area contributed by atoms with E-state index in [-0.39, 0.29) is 17.2 Å². The first-order chi connectivity index (χ1) is 20.7. The van der Waals surface area contributed by atoms with Gasteiger partial charge >= 0.3 is 5.97 Å². The highest BCUT2D eigenvalue weighted by Crippen LogP contribution is 2.38. The van der Waals surface area contributed by atoms with Crippen molar-refractivity contribution in [1.82, 2.24) is 4.90 Å². The number of fused-ring (bicyclic) bond motifs is 1. The SMILES string of the molecule is COc1cc(C=CC(=O)OC[C@H]2O[C@@H](Oc3ccc(C4=C(C)C[C@@H]5CCCN5C4)cc3)[C@H](O)[C@H](O)[C@@H]2O)cc(OC)c1O. The van der Waals surface area contributed by atoms with Crippen molar-refractivity contribution in [3.05, 3.63) is 59.2 Å². The van der Waals surface area contributed by atoms with Crippen molar-refractivity contribution in [3.8, 4) is 23.0 Å². The average molecular weight is 598 g/mol. The molecule has 2 saturated heterocycles. The van der Waals surface area contributed by atoms with Gasteiger partial charge in [0.15, 0.2) is 11.5 Å². The molecule has 0 radical (unpaired) electrons. The number of phenolic OH excluding ortho intramolecular Hbond substituents is 1. The molecule has 5 rings (SSSR count). The summed E-state index contributed by atoms with van der Waals surface area (Å²) in [6, 6.07) is 11.2. The molecule has 2 aromatic rings. The van der Waals surface area contributed by atoms with Gasteiger partial charge in [-0.15, -0.1) is 0 Å². The third kappa shape index (κ3) is 6.81. The fourth-order valence-electron chi connectivity index (χ4n) is 5.89. The molecule has 0 aromatic heterocycles. The van der Waals surface area contributed by atoms with E-state index < -0.39 is 43.3 Å². The number of aliphatic hydroxyl groups excluding tert-OH is 3. The quantitative estimate of drug-likeness (QED) is 0.250. The predicted molar refractivity (Wildman–Crippen MR) is 157 cm³/mol. The van der Waals surface area contributed by atoms with Crippen LogP contribution in [0.4, 0.5) is 0 Å². The zero-order valence-corrected chi connectivity index (χ0v) is 24.5.